The van der Waals surface area contributed by atoms with E-state index in [0.717, 1.165) is 43.1 Å². The van der Waals surface area contributed by atoms with Crippen LogP contribution in [0.15, 0.2) is 101 Å². The number of piperazine rings is 1. The molecule has 1 fully saturated rings. The monoisotopic (exact) mass is 524 g/mol. The molecule has 1 unspecified atom stereocenters. The first-order chi connectivity index (χ1) is 16.7. The van der Waals surface area contributed by atoms with E-state index in [1.54, 1.807) is 0 Å². The second kappa shape index (κ2) is 13.1. The van der Waals surface area contributed by atoms with Crippen LogP contribution in [0.3, 0.4) is 0 Å². The van der Waals surface area contributed by atoms with Crippen molar-refractivity contribution in [1.29, 1.82) is 0 Å². The average Bonchev–Trinajstić information content (AvgIpc) is 3.29. The number of aliphatic hydroxyl groups is 1. The van der Waals surface area contributed by atoms with E-state index in [9.17, 15) is 5.11 Å². The van der Waals surface area contributed by atoms with Gasteiger partial charge >= 0.3 is 0 Å². The lowest BCUT2D eigenvalue weighted by molar-refractivity contribution is 0.0533. The second-order valence-corrected chi connectivity index (χ2v) is 9.10. The number of aryl methyl sites for hydroxylation is 1. The number of nitrogens with zero attached hydrogens (tertiary/aromatic N) is 2. The van der Waals surface area contributed by atoms with Crippen molar-refractivity contribution in [1.82, 2.24) is 9.80 Å². The summed E-state index contributed by atoms with van der Waals surface area (Å²) in [5.74, 6) is 1.48. The fourth-order valence-corrected chi connectivity index (χ4v) is 4.99. The Hall–Kier alpha value is -2.60. The number of furan rings is 1. The molecule has 4 nitrogen and oxygen atoms in total. The summed E-state index contributed by atoms with van der Waals surface area (Å²) in [6, 6.07) is 33.8. The summed E-state index contributed by atoms with van der Waals surface area (Å²) >= 11 is 0. The lowest BCUT2D eigenvalue weighted by Crippen LogP contribution is -2.48. The zero-order valence-electron chi connectivity index (χ0n) is 20.5. The van der Waals surface area contributed by atoms with Crippen LogP contribution in [0.1, 0.15) is 34.6 Å². The van der Waals surface area contributed by atoms with E-state index in [-0.39, 0.29) is 30.9 Å². The van der Waals surface area contributed by atoms with Gasteiger partial charge in [-0.3, -0.25) is 9.80 Å². The Balaban J connectivity index is 0.00000180. The molecule has 0 spiro atoms. The highest BCUT2D eigenvalue weighted by molar-refractivity contribution is 5.85. The van der Waals surface area contributed by atoms with Crippen molar-refractivity contribution in [3.05, 3.63) is 120 Å². The van der Waals surface area contributed by atoms with Crippen LogP contribution in [0.25, 0.3) is 11.3 Å². The SMILES string of the molecule is Cc1cc(-c2ccccc2)oc1C(O)CN1CCN(C(c2ccccc2)c2ccccc2)CC1.Cl.Cl. The predicted molar refractivity (Wildman–Crippen MR) is 151 cm³/mol. The molecule has 1 aromatic heterocycles. The van der Waals surface area contributed by atoms with E-state index in [2.05, 4.69) is 70.5 Å². The van der Waals surface area contributed by atoms with Gasteiger partial charge in [-0.15, -0.1) is 24.8 Å². The Bertz CT molecular complexity index is 1140. The van der Waals surface area contributed by atoms with Gasteiger partial charge in [0.1, 0.15) is 17.6 Å². The fourth-order valence-electron chi connectivity index (χ4n) is 4.99. The van der Waals surface area contributed by atoms with Crippen molar-refractivity contribution in [2.24, 2.45) is 0 Å². The minimum atomic E-state index is -0.636. The largest absolute Gasteiger partial charge is 0.458 e. The highest BCUT2D eigenvalue weighted by Crippen LogP contribution is 2.31. The standard InChI is InChI=1S/C30H32N2O2.2ClH/c1-23-21-28(24-11-5-2-6-12-24)34-30(23)27(33)22-31-17-19-32(20-18-31)29(25-13-7-3-8-14-25)26-15-9-4-10-16-26;;/h2-16,21,27,29,33H,17-20,22H2,1H3;2*1H. The van der Waals surface area contributed by atoms with Gasteiger partial charge in [0, 0.05) is 38.3 Å². The van der Waals surface area contributed by atoms with Crippen LogP contribution < -0.4 is 0 Å². The first kappa shape index (κ1) is 28.0. The minimum Gasteiger partial charge on any atom is -0.458 e. The molecule has 0 amide bonds. The van der Waals surface area contributed by atoms with E-state index in [1.165, 1.54) is 11.1 Å². The van der Waals surface area contributed by atoms with E-state index >= 15 is 0 Å². The Labute approximate surface area is 226 Å². The first-order valence-corrected chi connectivity index (χ1v) is 12.1. The third-order valence-corrected chi connectivity index (χ3v) is 6.75. The van der Waals surface area contributed by atoms with Crippen molar-refractivity contribution >= 4 is 24.8 Å². The molecule has 1 atom stereocenters. The quantitative estimate of drug-likeness (QED) is 0.298. The summed E-state index contributed by atoms with van der Waals surface area (Å²) in [6.07, 6.45) is -0.636. The Morgan fingerprint density at radius 1 is 0.750 bits per heavy atom. The molecule has 0 radical (unpaired) electrons. The molecule has 1 N–H and O–H groups in total. The Morgan fingerprint density at radius 3 is 1.78 bits per heavy atom. The van der Waals surface area contributed by atoms with Crippen molar-refractivity contribution in [3.8, 4) is 11.3 Å². The molecule has 5 rings (SSSR count). The summed E-state index contributed by atoms with van der Waals surface area (Å²) in [5.41, 5.74) is 4.67. The van der Waals surface area contributed by atoms with Gasteiger partial charge in [-0.2, -0.15) is 0 Å². The van der Waals surface area contributed by atoms with Gasteiger partial charge < -0.3 is 9.52 Å². The topological polar surface area (TPSA) is 39.9 Å². The molecule has 0 aliphatic carbocycles. The normalized spacial score (nSPS) is 15.2. The minimum absolute atomic E-state index is 0. The smallest absolute Gasteiger partial charge is 0.137 e. The zero-order chi connectivity index (χ0) is 23.3. The third kappa shape index (κ3) is 6.39. The van der Waals surface area contributed by atoms with Crippen molar-refractivity contribution in [2.45, 2.75) is 19.1 Å². The van der Waals surface area contributed by atoms with Crippen LogP contribution in [0.4, 0.5) is 0 Å². The average molecular weight is 526 g/mol. The molecule has 1 aliphatic heterocycles. The lowest BCUT2D eigenvalue weighted by atomic mass is 9.96. The number of benzene rings is 3. The van der Waals surface area contributed by atoms with Gasteiger partial charge in [0.05, 0.1) is 6.04 Å². The number of hydrogen-bond donors (Lipinski definition) is 1. The van der Waals surface area contributed by atoms with Crippen LogP contribution >= 0.6 is 24.8 Å². The molecule has 4 aromatic rings. The highest BCUT2D eigenvalue weighted by atomic mass is 35.5. The molecule has 0 saturated carbocycles. The first-order valence-electron chi connectivity index (χ1n) is 12.1. The predicted octanol–water partition coefficient (Wildman–Crippen LogP) is 6.54. The Kier molecular flexibility index (Phi) is 10.2. The van der Waals surface area contributed by atoms with Crippen molar-refractivity contribution in [2.75, 3.05) is 32.7 Å². The van der Waals surface area contributed by atoms with Gasteiger partial charge in [-0.1, -0.05) is 91.0 Å². The molecular formula is C30H34Cl2N2O2. The fraction of sp³-hybridized carbons (Fsp3) is 0.267. The van der Waals surface area contributed by atoms with Gasteiger partial charge in [0.2, 0.25) is 0 Å². The molecule has 0 bridgehead atoms. The molecule has 3 aromatic carbocycles. The van der Waals surface area contributed by atoms with Crippen LogP contribution in [0.2, 0.25) is 0 Å². The Morgan fingerprint density at radius 2 is 1.25 bits per heavy atom. The number of rotatable bonds is 7. The van der Waals surface area contributed by atoms with Crippen LogP contribution in [0.5, 0.6) is 0 Å². The van der Waals surface area contributed by atoms with E-state index < -0.39 is 6.10 Å². The summed E-state index contributed by atoms with van der Waals surface area (Å²) in [5, 5.41) is 11.0. The molecule has 1 saturated heterocycles. The van der Waals surface area contributed by atoms with E-state index in [1.807, 2.05) is 43.3 Å². The second-order valence-electron chi connectivity index (χ2n) is 9.10. The summed E-state index contributed by atoms with van der Waals surface area (Å²) < 4.78 is 6.09. The molecular weight excluding hydrogens is 491 g/mol. The van der Waals surface area contributed by atoms with Crippen molar-refractivity contribution in [3.63, 3.8) is 0 Å². The number of halogens is 2. The number of aliphatic hydroxyl groups excluding tert-OH is 1. The van der Waals surface area contributed by atoms with Gasteiger partial charge in [0.15, 0.2) is 0 Å². The molecule has 1 aliphatic rings. The van der Waals surface area contributed by atoms with Crippen LogP contribution in [-0.4, -0.2) is 47.6 Å². The van der Waals surface area contributed by atoms with E-state index in [4.69, 9.17) is 4.42 Å². The third-order valence-electron chi connectivity index (χ3n) is 6.75. The number of hydrogen-bond acceptors (Lipinski definition) is 4. The van der Waals surface area contributed by atoms with Gasteiger partial charge in [-0.05, 0) is 29.7 Å². The van der Waals surface area contributed by atoms with Crippen molar-refractivity contribution < 1.29 is 9.52 Å². The summed E-state index contributed by atoms with van der Waals surface area (Å²) in [6.45, 7) is 6.33. The lowest BCUT2D eigenvalue weighted by Gasteiger charge is -2.40. The van der Waals surface area contributed by atoms with Gasteiger partial charge in [0.25, 0.3) is 0 Å². The maximum Gasteiger partial charge on any atom is 0.137 e. The maximum absolute atomic E-state index is 11.0. The highest BCUT2D eigenvalue weighted by Gasteiger charge is 2.28. The molecule has 36 heavy (non-hydrogen) atoms. The zero-order valence-corrected chi connectivity index (χ0v) is 22.1. The van der Waals surface area contributed by atoms with Gasteiger partial charge in [-0.25, -0.2) is 0 Å². The summed E-state index contributed by atoms with van der Waals surface area (Å²) in [4.78, 5) is 4.90. The maximum atomic E-state index is 11.0. The molecule has 6 heteroatoms. The van der Waals surface area contributed by atoms with Crippen LogP contribution in [-0.2, 0) is 0 Å². The summed E-state index contributed by atoms with van der Waals surface area (Å²) in [7, 11) is 0. The van der Waals surface area contributed by atoms with E-state index in [0.29, 0.717) is 12.3 Å². The number of β-amino-alcohol motifs (C(OH)–C–C–N with tert-alkyl or cyclic N) is 1. The molecule has 190 valence electrons. The van der Waals surface area contributed by atoms with Crippen LogP contribution in [0, 0.1) is 6.92 Å². The molecule has 2 heterocycles.